The average Bonchev–Trinajstić information content (AvgIpc) is 2.78. The zero-order valence-electron chi connectivity index (χ0n) is 22.3. The summed E-state index contributed by atoms with van der Waals surface area (Å²) in [6.07, 6.45) is 13.2. The van der Waals surface area contributed by atoms with Gasteiger partial charge in [-0.3, -0.25) is 0 Å². The fraction of sp³-hybridized carbons (Fsp3) is 0.800. The van der Waals surface area contributed by atoms with Gasteiger partial charge in [-0.25, -0.2) is 0 Å². The summed E-state index contributed by atoms with van der Waals surface area (Å²) in [5, 5.41) is 0. The molecule has 4 fully saturated rings. The SMILES string of the molecule is CC.CCC.CCCOC(CC12CC3CC(CC(C3)C1)C2)Oc1ccc(C(C)CC)cc1. The smallest absolute Gasteiger partial charge is 0.200 e. The molecule has 4 saturated carbocycles. The molecule has 4 aliphatic rings. The van der Waals surface area contributed by atoms with E-state index in [1.165, 1.54) is 56.9 Å². The molecule has 0 N–H and O–H groups in total. The van der Waals surface area contributed by atoms with Crippen molar-refractivity contribution < 1.29 is 9.47 Å². The molecule has 0 radical (unpaired) electrons. The van der Waals surface area contributed by atoms with Crippen LogP contribution in [0.25, 0.3) is 0 Å². The second kappa shape index (κ2) is 13.6. The van der Waals surface area contributed by atoms with Crippen LogP contribution in [0.5, 0.6) is 5.75 Å². The van der Waals surface area contributed by atoms with Crippen LogP contribution in [0.15, 0.2) is 24.3 Å². The van der Waals surface area contributed by atoms with Crippen LogP contribution in [0, 0.1) is 23.2 Å². The van der Waals surface area contributed by atoms with E-state index >= 15 is 0 Å². The second-order valence-electron chi connectivity index (χ2n) is 10.6. The van der Waals surface area contributed by atoms with Gasteiger partial charge in [0, 0.05) is 6.42 Å². The molecule has 2 unspecified atom stereocenters. The summed E-state index contributed by atoms with van der Waals surface area (Å²) in [6.45, 7) is 15.8. The lowest BCUT2D eigenvalue weighted by atomic mass is 9.49. The normalized spacial score (nSPS) is 29.3. The summed E-state index contributed by atoms with van der Waals surface area (Å²) >= 11 is 0. The van der Waals surface area contributed by atoms with Crippen LogP contribution in [-0.2, 0) is 4.74 Å². The Morgan fingerprint density at radius 2 is 1.38 bits per heavy atom. The van der Waals surface area contributed by atoms with Crippen molar-refractivity contribution in [2.45, 2.75) is 125 Å². The van der Waals surface area contributed by atoms with Crippen molar-refractivity contribution in [2.75, 3.05) is 6.61 Å². The minimum absolute atomic E-state index is 0.0874. The molecule has 5 rings (SSSR count). The van der Waals surface area contributed by atoms with Gasteiger partial charge in [-0.05, 0) is 98.1 Å². The first kappa shape index (κ1) is 27.2. The largest absolute Gasteiger partial charge is 0.465 e. The van der Waals surface area contributed by atoms with Crippen molar-refractivity contribution in [2.24, 2.45) is 23.2 Å². The fourth-order valence-corrected chi connectivity index (χ4v) is 6.54. The summed E-state index contributed by atoms with van der Waals surface area (Å²) in [6, 6.07) is 8.74. The van der Waals surface area contributed by atoms with E-state index in [1.54, 1.807) is 0 Å². The van der Waals surface area contributed by atoms with Crippen molar-refractivity contribution in [3.63, 3.8) is 0 Å². The number of rotatable bonds is 9. The molecule has 4 bridgehead atoms. The molecule has 0 aromatic heterocycles. The molecule has 0 amide bonds. The van der Waals surface area contributed by atoms with Crippen LogP contribution in [0.1, 0.15) is 124 Å². The van der Waals surface area contributed by atoms with Crippen LogP contribution in [0.2, 0.25) is 0 Å². The monoisotopic (exact) mass is 444 g/mol. The van der Waals surface area contributed by atoms with E-state index in [0.29, 0.717) is 11.3 Å². The minimum Gasteiger partial charge on any atom is -0.465 e. The Labute approximate surface area is 199 Å². The Morgan fingerprint density at radius 1 is 0.875 bits per heavy atom. The molecule has 2 heteroatoms. The van der Waals surface area contributed by atoms with Gasteiger partial charge < -0.3 is 9.47 Å². The fourth-order valence-electron chi connectivity index (χ4n) is 6.54. The Kier molecular flexibility index (Phi) is 11.6. The van der Waals surface area contributed by atoms with Gasteiger partial charge in [-0.2, -0.15) is 0 Å². The summed E-state index contributed by atoms with van der Waals surface area (Å²) in [5.74, 6) is 4.53. The lowest BCUT2D eigenvalue weighted by Crippen LogP contribution is -2.48. The molecule has 184 valence electrons. The van der Waals surface area contributed by atoms with Gasteiger partial charge in [0.2, 0.25) is 0 Å². The molecule has 2 nitrogen and oxygen atoms in total. The van der Waals surface area contributed by atoms with Crippen molar-refractivity contribution in [1.29, 1.82) is 0 Å². The first-order valence-corrected chi connectivity index (χ1v) is 13.9. The van der Waals surface area contributed by atoms with E-state index in [9.17, 15) is 0 Å². The highest BCUT2D eigenvalue weighted by atomic mass is 16.7. The highest BCUT2D eigenvalue weighted by Gasteiger charge is 2.51. The zero-order chi connectivity index (χ0) is 23.6. The summed E-state index contributed by atoms with van der Waals surface area (Å²) < 4.78 is 12.6. The van der Waals surface area contributed by atoms with Crippen LogP contribution in [-0.4, -0.2) is 12.9 Å². The Balaban J connectivity index is 0.000000671. The van der Waals surface area contributed by atoms with Crippen molar-refractivity contribution in [3.05, 3.63) is 29.8 Å². The van der Waals surface area contributed by atoms with Crippen molar-refractivity contribution >= 4 is 0 Å². The maximum absolute atomic E-state index is 6.40. The van der Waals surface area contributed by atoms with E-state index in [2.05, 4.69) is 58.9 Å². The lowest BCUT2D eigenvalue weighted by Gasteiger charge is -2.57. The van der Waals surface area contributed by atoms with Crippen LogP contribution < -0.4 is 4.74 Å². The third kappa shape index (κ3) is 7.51. The first-order valence-electron chi connectivity index (χ1n) is 13.9. The highest BCUT2D eigenvalue weighted by molar-refractivity contribution is 5.29. The van der Waals surface area contributed by atoms with Crippen molar-refractivity contribution in [1.82, 2.24) is 0 Å². The Hall–Kier alpha value is -1.02. The predicted molar refractivity (Wildman–Crippen MR) is 138 cm³/mol. The second-order valence-corrected chi connectivity index (χ2v) is 10.6. The number of benzene rings is 1. The molecule has 0 spiro atoms. The van der Waals surface area contributed by atoms with Gasteiger partial charge in [0.15, 0.2) is 6.29 Å². The van der Waals surface area contributed by atoms with E-state index < -0.39 is 0 Å². The molecular formula is C30H52O2. The number of hydrogen-bond acceptors (Lipinski definition) is 2. The standard InChI is InChI=1S/C25H38O2.C3H8.C2H6/c1-4-10-26-24(27-23-8-6-22(7-9-23)18(3)5-2)17-25-14-19-11-20(15-25)13-21(12-19)16-25;1-3-2;1-2/h6-9,18-21,24H,4-5,10-17H2,1-3H3;3H2,1-2H3;1-2H3. The van der Waals surface area contributed by atoms with Crippen LogP contribution in [0.3, 0.4) is 0 Å². The Morgan fingerprint density at radius 3 is 1.81 bits per heavy atom. The van der Waals surface area contributed by atoms with Crippen LogP contribution in [0.4, 0.5) is 0 Å². The maximum atomic E-state index is 6.40. The van der Waals surface area contributed by atoms with Crippen LogP contribution >= 0.6 is 0 Å². The molecule has 0 saturated heterocycles. The molecule has 0 heterocycles. The van der Waals surface area contributed by atoms with Gasteiger partial charge in [-0.15, -0.1) is 0 Å². The molecular weight excluding hydrogens is 392 g/mol. The predicted octanol–water partition coefficient (Wildman–Crippen LogP) is 9.38. The first-order chi connectivity index (χ1) is 15.5. The van der Waals surface area contributed by atoms with Gasteiger partial charge in [0.05, 0.1) is 6.61 Å². The molecule has 2 atom stereocenters. The van der Waals surface area contributed by atoms with Crippen molar-refractivity contribution in [3.8, 4) is 5.75 Å². The Bertz CT molecular complexity index is 585. The van der Waals surface area contributed by atoms with E-state index in [-0.39, 0.29) is 6.29 Å². The van der Waals surface area contributed by atoms with Gasteiger partial charge in [-0.1, -0.05) is 67.0 Å². The van der Waals surface area contributed by atoms with Gasteiger partial charge in [0.1, 0.15) is 5.75 Å². The van der Waals surface area contributed by atoms with Gasteiger partial charge in [0.25, 0.3) is 0 Å². The third-order valence-electron chi connectivity index (χ3n) is 7.60. The maximum Gasteiger partial charge on any atom is 0.200 e. The minimum atomic E-state index is -0.0874. The average molecular weight is 445 g/mol. The third-order valence-corrected chi connectivity index (χ3v) is 7.60. The number of ether oxygens (including phenoxy) is 2. The topological polar surface area (TPSA) is 18.5 Å². The highest BCUT2D eigenvalue weighted by Crippen LogP contribution is 2.61. The van der Waals surface area contributed by atoms with E-state index in [4.69, 9.17) is 9.47 Å². The summed E-state index contributed by atoms with van der Waals surface area (Å²) in [5.41, 5.74) is 1.89. The molecule has 0 aliphatic heterocycles. The molecule has 4 aliphatic carbocycles. The quantitative estimate of drug-likeness (QED) is 0.353. The van der Waals surface area contributed by atoms with Gasteiger partial charge >= 0.3 is 0 Å². The molecule has 1 aromatic rings. The molecule has 1 aromatic carbocycles. The van der Waals surface area contributed by atoms with E-state index in [0.717, 1.165) is 43.0 Å². The summed E-state index contributed by atoms with van der Waals surface area (Å²) in [7, 11) is 0. The lowest BCUT2D eigenvalue weighted by molar-refractivity contribution is -0.142. The summed E-state index contributed by atoms with van der Waals surface area (Å²) in [4.78, 5) is 0. The van der Waals surface area contributed by atoms with E-state index in [1.807, 2.05) is 13.8 Å². The number of hydrogen-bond donors (Lipinski definition) is 0. The zero-order valence-corrected chi connectivity index (χ0v) is 22.3. The molecule has 32 heavy (non-hydrogen) atoms.